The van der Waals surface area contributed by atoms with E-state index >= 15 is 0 Å². The first-order valence-corrected chi connectivity index (χ1v) is 6.54. The van der Waals surface area contributed by atoms with Crippen LogP contribution in [0.25, 0.3) is 0 Å². The summed E-state index contributed by atoms with van der Waals surface area (Å²) in [5, 5.41) is 3.39. The van der Waals surface area contributed by atoms with Crippen LogP contribution in [0.2, 0.25) is 5.02 Å². The van der Waals surface area contributed by atoms with Crippen LogP contribution in [-0.2, 0) is 6.54 Å². The highest BCUT2D eigenvalue weighted by Gasteiger charge is 2.13. The Bertz CT molecular complexity index is 704. The summed E-state index contributed by atoms with van der Waals surface area (Å²) < 4.78 is 27.0. The molecular formula is C15H13ClF2N2O. The lowest BCUT2D eigenvalue weighted by Gasteiger charge is -2.10. The number of nitrogens with two attached hydrogens (primary N) is 1. The molecule has 0 atom stereocenters. The molecule has 110 valence electrons. The minimum Gasteiger partial charge on any atom is -0.379 e. The number of carbonyl (C=O) groups excluding carboxylic acids is 1. The Morgan fingerprint density at radius 3 is 2.57 bits per heavy atom. The Morgan fingerprint density at radius 1 is 1.24 bits per heavy atom. The smallest absolute Gasteiger partial charge is 0.251 e. The van der Waals surface area contributed by atoms with Gasteiger partial charge in [-0.3, -0.25) is 4.79 Å². The van der Waals surface area contributed by atoms with Gasteiger partial charge >= 0.3 is 0 Å². The predicted octanol–water partition coefficient (Wildman–Crippen LogP) is 3.64. The Hall–Kier alpha value is -2.14. The maximum absolute atomic E-state index is 13.7. The normalized spacial score (nSPS) is 10.5. The van der Waals surface area contributed by atoms with Gasteiger partial charge in [-0.1, -0.05) is 23.7 Å². The molecule has 0 bridgehead atoms. The molecule has 2 rings (SSSR count). The van der Waals surface area contributed by atoms with Crippen LogP contribution < -0.4 is 11.1 Å². The number of hydrogen-bond donors (Lipinski definition) is 2. The summed E-state index contributed by atoms with van der Waals surface area (Å²) in [4.78, 5) is 11.1. The molecule has 2 aromatic rings. The third kappa shape index (κ3) is 3.49. The van der Waals surface area contributed by atoms with Gasteiger partial charge in [0.2, 0.25) is 0 Å². The number of aryl methyl sites for hydroxylation is 1. The zero-order valence-corrected chi connectivity index (χ0v) is 12.0. The van der Waals surface area contributed by atoms with Crippen LogP contribution in [-0.4, -0.2) is 5.91 Å². The molecule has 3 N–H and O–H groups in total. The van der Waals surface area contributed by atoms with E-state index in [-0.39, 0.29) is 17.8 Å². The molecule has 0 radical (unpaired) electrons. The summed E-state index contributed by atoms with van der Waals surface area (Å²) >= 11 is 6.00. The van der Waals surface area contributed by atoms with Crippen molar-refractivity contribution < 1.29 is 13.6 Å². The quantitative estimate of drug-likeness (QED) is 0.906. The number of benzene rings is 2. The van der Waals surface area contributed by atoms with Gasteiger partial charge in [-0.15, -0.1) is 0 Å². The molecule has 6 heteroatoms. The minimum atomic E-state index is -0.982. The average Bonchev–Trinajstić information content (AvgIpc) is 2.41. The summed E-state index contributed by atoms with van der Waals surface area (Å²) in [5.41, 5.74) is 6.44. The van der Waals surface area contributed by atoms with E-state index in [2.05, 4.69) is 5.32 Å². The van der Waals surface area contributed by atoms with Crippen LogP contribution in [0, 0.1) is 18.6 Å². The Kier molecular flexibility index (Phi) is 4.43. The molecule has 0 spiro atoms. The summed E-state index contributed by atoms with van der Waals surface area (Å²) in [7, 11) is 0. The second kappa shape index (κ2) is 6.10. The maximum Gasteiger partial charge on any atom is 0.251 e. The van der Waals surface area contributed by atoms with E-state index in [1.165, 1.54) is 0 Å². The number of nitrogens with one attached hydrogen (secondary N) is 1. The van der Waals surface area contributed by atoms with Crippen molar-refractivity contribution in [3.63, 3.8) is 0 Å². The minimum absolute atomic E-state index is 0.00176. The van der Waals surface area contributed by atoms with E-state index < -0.39 is 17.5 Å². The number of carbonyl (C=O) groups is 1. The fourth-order valence-electron chi connectivity index (χ4n) is 1.82. The molecule has 0 aliphatic rings. The van der Waals surface area contributed by atoms with E-state index in [9.17, 15) is 13.6 Å². The van der Waals surface area contributed by atoms with Crippen LogP contribution in [0.4, 0.5) is 14.5 Å². The SMILES string of the molecule is Cc1ccc(CNc2cc(C(N)=O)c(F)cc2F)cc1Cl. The molecule has 0 aromatic heterocycles. The van der Waals surface area contributed by atoms with Crippen molar-refractivity contribution in [3.8, 4) is 0 Å². The second-order valence-corrected chi connectivity index (χ2v) is 5.02. The lowest BCUT2D eigenvalue weighted by molar-refractivity contribution is 0.0996. The molecule has 3 nitrogen and oxygen atoms in total. The van der Waals surface area contributed by atoms with E-state index in [0.29, 0.717) is 11.1 Å². The highest BCUT2D eigenvalue weighted by molar-refractivity contribution is 6.31. The highest BCUT2D eigenvalue weighted by atomic mass is 35.5. The van der Waals surface area contributed by atoms with Gasteiger partial charge in [0, 0.05) is 17.6 Å². The van der Waals surface area contributed by atoms with Crippen LogP contribution in [0.3, 0.4) is 0 Å². The molecule has 0 saturated carbocycles. The number of primary amides is 1. The first-order valence-electron chi connectivity index (χ1n) is 6.16. The Morgan fingerprint density at radius 2 is 1.95 bits per heavy atom. The lowest BCUT2D eigenvalue weighted by Crippen LogP contribution is -2.14. The first kappa shape index (κ1) is 15.3. The standard InChI is InChI=1S/C15H13ClF2N2O/c1-8-2-3-9(4-11(8)16)7-20-14-5-10(15(19)21)12(17)6-13(14)18/h2-6,20H,7H2,1H3,(H2,19,21). The zero-order chi connectivity index (χ0) is 15.6. The van der Waals surface area contributed by atoms with Gasteiger partial charge in [0.25, 0.3) is 5.91 Å². The summed E-state index contributed by atoms with van der Waals surface area (Å²) in [6.07, 6.45) is 0. The van der Waals surface area contributed by atoms with Gasteiger partial charge in [0.15, 0.2) is 0 Å². The van der Waals surface area contributed by atoms with Crippen molar-refractivity contribution in [2.75, 3.05) is 5.32 Å². The van der Waals surface area contributed by atoms with Crippen molar-refractivity contribution in [3.05, 3.63) is 63.7 Å². The predicted molar refractivity (Wildman–Crippen MR) is 78.4 cm³/mol. The molecule has 0 fully saturated rings. The van der Waals surface area contributed by atoms with Gasteiger partial charge in [0.1, 0.15) is 11.6 Å². The monoisotopic (exact) mass is 310 g/mol. The fourth-order valence-corrected chi connectivity index (χ4v) is 2.02. The van der Waals surface area contributed by atoms with E-state index in [1.807, 2.05) is 19.1 Å². The number of anilines is 1. The van der Waals surface area contributed by atoms with Crippen LogP contribution in [0.15, 0.2) is 30.3 Å². The van der Waals surface area contributed by atoms with Crippen LogP contribution in [0.1, 0.15) is 21.5 Å². The fraction of sp³-hybridized carbons (Fsp3) is 0.133. The molecule has 0 saturated heterocycles. The first-order chi connectivity index (χ1) is 9.88. The third-order valence-electron chi connectivity index (χ3n) is 3.04. The number of rotatable bonds is 4. The number of hydrogen-bond acceptors (Lipinski definition) is 2. The van der Waals surface area contributed by atoms with Gasteiger partial charge in [0.05, 0.1) is 11.3 Å². The molecule has 2 aromatic carbocycles. The molecule has 0 aliphatic carbocycles. The Balaban J connectivity index is 2.21. The molecule has 0 heterocycles. The lowest BCUT2D eigenvalue weighted by atomic mass is 10.1. The second-order valence-electron chi connectivity index (χ2n) is 4.61. The highest BCUT2D eigenvalue weighted by Crippen LogP contribution is 2.21. The van der Waals surface area contributed by atoms with Crippen molar-refractivity contribution >= 4 is 23.2 Å². The summed E-state index contributed by atoms with van der Waals surface area (Å²) in [5.74, 6) is -2.73. The van der Waals surface area contributed by atoms with Crippen molar-refractivity contribution in [1.82, 2.24) is 0 Å². The van der Waals surface area contributed by atoms with Crippen LogP contribution in [0.5, 0.6) is 0 Å². The van der Waals surface area contributed by atoms with Gasteiger partial charge in [-0.2, -0.15) is 0 Å². The molecule has 0 aliphatic heterocycles. The van der Waals surface area contributed by atoms with Crippen molar-refractivity contribution in [1.29, 1.82) is 0 Å². The van der Waals surface area contributed by atoms with Crippen molar-refractivity contribution in [2.45, 2.75) is 13.5 Å². The van der Waals surface area contributed by atoms with E-state index in [4.69, 9.17) is 17.3 Å². The largest absolute Gasteiger partial charge is 0.379 e. The Labute approximate surface area is 125 Å². The molecule has 1 amide bonds. The molecular weight excluding hydrogens is 298 g/mol. The number of amides is 1. The van der Waals surface area contributed by atoms with Gasteiger partial charge in [-0.25, -0.2) is 8.78 Å². The molecule has 0 unspecified atom stereocenters. The van der Waals surface area contributed by atoms with Gasteiger partial charge in [-0.05, 0) is 30.2 Å². The summed E-state index contributed by atoms with van der Waals surface area (Å²) in [6, 6.07) is 7.12. The van der Waals surface area contributed by atoms with E-state index in [0.717, 1.165) is 17.2 Å². The van der Waals surface area contributed by atoms with Crippen molar-refractivity contribution in [2.24, 2.45) is 5.73 Å². The maximum atomic E-state index is 13.7. The van der Waals surface area contributed by atoms with Crippen LogP contribution >= 0.6 is 11.6 Å². The number of halogens is 3. The third-order valence-corrected chi connectivity index (χ3v) is 3.45. The average molecular weight is 311 g/mol. The topological polar surface area (TPSA) is 55.1 Å². The van der Waals surface area contributed by atoms with Gasteiger partial charge < -0.3 is 11.1 Å². The van der Waals surface area contributed by atoms with E-state index in [1.54, 1.807) is 6.07 Å². The molecule has 21 heavy (non-hydrogen) atoms. The zero-order valence-electron chi connectivity index (χ0n) is 11.2. The summed E-state index contributed by atoms with van der Waals surface area (Å²) in [6.45, 7) is 2.15.